The molecule has 1 saturated heterocycles. The molecule has 0 bridgehead atoms. The predicted molar refractivity (Wildman–Crippen MR) is 153 cm³/mol. The van der Waals surface area contributed by atoms with Crippen LogP contribution in [0.2, 0.25) is 0 Å². The second kappa shape index (κ2) is 10.9. The minimum atomic E-state index is -0.591. The van der Waals surface area contributed by atoms with Crippen molar-refractivity contribution in [2.75, 3.05) is 44.1 Å². The summed E-state index contributed by atoms with van der Waals surface area (Å²) in [5.74, 6) is 0.680. The van der Waals surface area contributed by atoms with Gasteiger partial charge in [0.2, 0.25) is 11.8 Å². The molecule has 1 aliphatic carbocycles. The molecule has 40 heavy (non-hydrogen) atoms. The third kappa shape index (κ3) is 5.24. The molecule has 1 fully saturated rings. The maximum absolute atomic E-state index is 14.0. The van der Waals surface area contributed by atoms with E-state index in [2.05, 4.69) is 19.2 Å². The number of anilines is 2. The van der Waals surface area contributed by atoms with Crippen molar-refractivity contribution >= 4 is 29.0 Å². The van der Waals surface area contributed by atoms with E-state index in [1.807, 2.05) is 47.4 Å². The molecule has 1 unspecified atom stereocenters. The number of carbonyl (C=O) groups excluding carboxylic acids is 3. The van der Waals surface area contributed by atoms with Gasteiger partial charge in [0.1, 0.15) is 11.5 Å². The molecule has 5 rings (SSSR count). The molecule has 2 aliphatic heterocycles. The summed E-state index contributed by atoms with van der Waals surface area (Å²) in [6, 6.07) is 12.8. The third-order valence-electron chi connectivity index (χ3n) is 8.29. The first-order valence-corrected chi connectivity index (χ1v) is 13.8. The summed E-state index contributed by atoms with van der Waals surface area (Å²) in [6.07, 6.45) is 2.19. The molecule has 3 N–H and O–H groups in total. The number of ketones is 1. The van der Waals surface area contributed by atoms with E-state index in [-0.39, 0.29) is 35.5 Å². The number of likely N-dealkylation sites (tertiary alicyclic amines) is 1. The van der Waals surface area contributed by atoms with Crippen LogP contribution in [0.4, 0.5) is 11.4 Å². The second-order valence-electron chi connectivity index (χ2n) is 11.7. The lowest BCUT2D eigenvalue weighted by atomic mass is 9.73. The average molecular weight is 547 g/mol. The zero-order chi connectivity index (χ0) is 28.6. The van der Waals surface area contributed by atoms with Gasteiger partial charge >= 0.3 is 0 Å². The lowest BCUT2D eigenvalue weighted by molar-refractivity contribution is -0.133. The summed E-state index contributed by atoms with van der Waals surface area (Å²) < 4.78 is 11.4. The summed E-state index contributed by atoms with van der Waals surface area (Å²) in [5, 5.41) is 3.58. The van der Waals surface area contributed by atoms with Gasteiger partial charge in [0.15, 0.2) is 5.78 Å². The number of ether oxygens (including phenoxy) is 2. The monoisotopic (exact) mass is 546 g/mol. The Morgan fingerprint density at radius 3 is 2.45 bits per heavy atom. The Hall–Kier alpha value is -4.01. The second-order valence-corrected chi connectivity index (χ2v) is 11.7. The van der Waals surface area contributed by atoms with Gasteiger partial charge in [0.25, 0.3) is 0 Å². The first-order chi connectivity index (χ1) is 19.1. The molecule has 2 aromatic rings. The van der Waals surface area contributed by atoms with Crippen LogP contribution in [0.3, 0.4) is 0 Å². The van der Waals surface area contributed by atoms with Gasteiger partial charge in [-0.1, -0.05) is 26.0 Å². The van der Waals surface area contributed by atoms with Gasteiger partial charge in [-0.3, -0.25) is 14.4 Å². The molecule has 2 amide bonds. The first-order valence-electron chi connectivity index (χ1n) is 13.8. The Morgan fingerprint density at radius 1 is 1.05 bits per heavy atom. The number of para-hydroxylation sites is 2. The van der Waals surface area contributed by atoms with Crippen LogP contribution in [0.5, 0.6) is 11.5 Å². The average Bonchev–Trinajstić information content (AvgIpc) is 3.06. The number of Topliss-reactive ketones (excluding diaryl/α,β-unsaturated/α-hetero) is 1. The zero-order valence-electron chi connectivity index (χ0n) is 23.7. The zero-order valence-corrected chi connectivity index (χ0v) is 23.7. The fraction of sp³-hybridized carbons (Fsp3) is 0.452. The molecule has 0 aromatic heterocycles. The molecule has 0 spiro atoms. The minimum Gasteiger partial charge on any atom is -0.497 e. The fourth-order valence-electron chi connectivity index (χ4n) is 6.26. The lowest BCUT2D eigenvalue weighted by Crippen LogP contribution is -2.47. The number of benzene rings is 2. The number of carbonyl (C=O) groups is 3. The van der Waals surface area contributed by atoms with E-state index in [1.54, 1.807) is 19.1 Å². The van der Waals surface area contributed by atoms with Gasteiger partial charge in [0, 0.05) is 42.3 Å². The van der Waals surface area contributed by atoms with Crippen LogP contribution in [0.15, 0.2) is 53.7 Å². The van der Waals surface area contributed by atoms with Crippen LogP contribution in [0, 0.1) is 11.3 Å². The van der Waals surface area contributed by atoms with E-state index in [0.29, 0.717) is 55.8 Å². The van der Waals surface area contributed by atoms with E-state index in [9.17, 15) is 14.4 Å². The van der Waals surface area contributed by atoms with Crippen LogP contribution >= 0.6 is 0 Å². The van der Waals surface area contributed by atoms with Gasteiger partial charge in [-0.25, -0.2) is 0 Å². The highest BCUT2D eigenvalue weighted by Crippen LogP contribution is 2.50. The lowest BCUT2D eigenvalue weighted by Gasteiger charge is -2.39. The third-order valence-corrected chi connectivity index (χ3v) is 8.29. The molecule has 0 radical (unpaired) electrons. The largest absolute Gasteiger partial charge is 0.497 e. The smallest absolute Gasteiger partial charge is 0.242 e. The van der Waals surface area contributed by atoms with Crippen molar-refractivity contribution in [1.29, 1.82) is 0 Å². The number of piperidine rings is 1. The Labute approximate surface area is 235 Å². The maximum atomic E-state index is 14.0. The molecular formula is C31H38N4O5. The number of hydrogen-bond donors (Lipinski definition) is 2. The number of nitrogens with one attached hydrogen (secondary N) is 1. The number of primary amides is 1. The van der Waals surface area contributed by atoms with Gasteiger partial charge < -0.3 is 30.3 Å². The van der Waals surface area contributed by atoms with Crippen molar-refractivity contribution < 1.29 is 23.9 Å². The van der Waals surface area contributed by atoms with Crippen molar-refractivity contribution in [3.8, 4) is 11.5 Å². The highest BCUT2D eigenvalue weighted by atomic mass is 16.5. The van der Waals surface area contributed by atoms with E-state index in [0.717, 1.165) is 22.6 Å². The standard InChI is InChI=1S/C31H38N4O5/c1-31(2)16-23-28(25(36)17-31)29(21-15-20(39-3)9-10-26(21)40-4)35(24-8-6-5-7-22(24)33-23)18-27(37)34-13-11-19(12-14-34)30(32)38/h5-10,15,19,29,33H,11-14,16-18H2,1-4H3,(H2,32,38). The van der Waals surface area contributed by atoms with Crippen molar-refractivity contribution in [2.24, 2.45) is 17.1 Å². The van der Waals surface area contributed by atoms with E-state index in [4.69, 9.17) is 15.2 Å². The summed E-state index contributed by atoms with van der Waals surface area (Å²) in [4.78, 5) is 43.3. The van der Waals surface area contributed by atoms with Gasteiger partial charge in [-0.05, 0) is 55.0 Å². The SMILES string of the molecule is COc1ccc(OC)c(C2C3=C(CC(C)(C)CC3=O)Nc3ccccc3N2CC(=O)N2CCC(C(N)=O)CC2)c1. The number of hydrogen-bond acceptors (Lipinski definition) is 7. The molecular weight excluding hydrogens is 508 g/mol. The number of allylic oxidation sites excluding steroid dienone is 1. The summed E-state index contributed by atoms with van der Waals surface area (Å²) in [7, 11) is 3.21. The van der Waals surface area contributed by atoms with Crippen LogP contribution in [-0.4, -0.2) is 56.4 Å². The summed E-state index contributed by atoms with van der Waals surface area (Å²) in [5.41, 5.74) is 9.22. The Kier molecular flexibility index (Phi) is 7.49. The van der Waals surface area contributed by atoms with E-state index < -0.39 is 6.04 Å². The molecule has 2 aromatic carbocycles. The molecule has 9 heteroatoms. The van der Waals surface area contributed by atoms with Crippen molar-refractivity contribution in [2.45, 2.75) is 45.6 Å². The Bertz CT molecular complexity index is 1360. The van der Waals surface area contributed by atoms with E-state index >= 15 is 0 Å². The predicted octanol–water partition coefficient (Wildman–Crippen LogP) is 4.04. The van der Waals surface area contributed by atoms with Crippen LogP contribution in [-0.2, 0) is 14.4 Å². The Balaban J connectivity index is 1.65. The number of nitrogens with two attached hydrogens (primary N) is 1. The number of fused-ring (bicyclic) bond motifs is 1. The van der Waals surface area contributed by atoms with Gasteiger partial charge in [-0.15, -0.1) is 0 Å². The fourth-order valence-corrected chi connectivity index (χ4v) is 6.26. The number of rotatable bonds is 6. The maximum Gasteiger partial charge on any atom is 0.242 e. The van der Waals surface area contributed by atoms with Crippen molar-refractivity contribution in [1.82, 2.24) is 4.90 Å². The number of methoxy groups -OCH3 is 2. The highest BCUT2D eigenvalue weighted by molar-refractivity contribution is 6.02. The summed E-state index contributed by atoms with van der Waals surface area (Å²) in [6.45, 7) is 5.18. The summed E-state index contributed by atoms with van der Waals surface area (Å²) >= 11 is 0. The topological polar surface area (TPSA) is 114 Å². The van der Waals surface area contributed by atoms with Crippen LogP contribution in [0.1, 0.15) is 51.1 Å². The van der Waals surface area contributed by atoms with Gasteiger partial charge in [0.05, 0.1) is 38.2 Å². The first kappa shape index (κ1) is 27.6. The van der Waals surface area contributed by atoms with Gasteiger partial charge in [-0.2, -0.15) is 0 Å². The van der Waals surface area contributed by atoms with E-state index in [1.165, 1.54) is 0 Å². The molecule has 212 valence electrons. The molecule has 9 nitrogen and oxygen atoms in total. The van der Waals surface area contributed by atoms with Crippen molar-refractivity contribution in [3.05, 3.63) is 59.3 Å². The molecule has 3 aliphatic rings. The number of amides is 2. The normalized spacial score (nSPS) is 20.7. The van der Waals surface area contributed by atoms with Crippen molar-refractivity contribution in [3.63, 3.8) is 0 Å². The molecule has 1 atom stereocenters. The minimum absolute atomic E-state index is 0.0401. The molecule has 0 saturated carbocycles. The van der Waals surface area contributed by atoms with Crippen LogP contribution < -0.4 is 25.4 Å². The van der Waals surface area contributed by atoms with Crippen LogP contribution in [0.25, 0.3) is 0 Å². The Morgan fingerprint density at radius 2 is 1.77 bits per heavy atom. The number of nitrogens with zero attached hydrogens (tertiary/aromatic N) is 2. The quantitative estimate of drug-likeness (QED) is 0.562. The molecule has 2 heterocycles. The highest BCUT2D eigenvalue weighted by Gasteiger charge is 2.43.